The van der Waals surface area contributed by atoms with Gasteiger partial charge in [-0.1, -0.05) is 18.9 Å². The van der Waals surface area contributed by atoms with Gasteiger partial charge in [-0.3, -0.25) is 9.78 Å². The van der Waals surface area contributed by atoms with Crippen LogP contribution in [0.25, 0.3) is 11.4 Å². The van der Waals surface area contributed by atoms with Gasteiger partial charge in [-0.05, 0) is 49.2 Å². The minimum absolute atomic E-state index is 0.0934. The highest BCUT2D eigenvalue weighted by atomic mass is 16.1. The SMILES string of the molecule is CC(=O)Nc1ccc(Nc2cc(-c3ccccn3)nc(NC3CCCC3)n2)cc1. The first-order valence-corrected chi connectivity index (χ1v) is 9.87. The summed E-state index contributed by atoms with van der Waals surface area (Å²) in [4.78, 5) is 24.9. The molecule has 148 valence electrons. The van der Waals surface area contributed by atoms with Crippen molar-refractivity contribution < 1.29 is 4.79 Å². The summed E-state index contributed by atoms with van der Waals surface area (Å²) in [7, 11) is 0. The molecule has 3 aromatic rings. The largest absolute Gasteiger partial charge is 0.351 e. The molecule has 4 rings (SSSR count). The highest BCUT2D eigenvalue weighted by Gasteiger charge is 2.17. The van der Waals surface area contributed by atoms with Gasteiger partial charge in [0, 0.05) is 36.6 Å². The van der Waals surface area contributed by atoms with Crippen LogP contribution in [0.3, 0.4) is 0 Å². The molecule has 1 amide bonds. The average Bonchev–Trinajstić information content (AvgIpc) is 3.23. The van der Waals surface area contributed by atoms with Crippen molar-refractivity contribution in [2.75, 3.05) is 16.0 Å². The Labute approximate surface area is 170 Å². The van der Waals surface area contributed by atoms with Gasteiger partial charge in [-0.15, -0.1) is 0 Å². The number of nitrogens with zero attached hydrogens (tertiary/aromatic N) is 3. The van der Waals surface area contributed by atoms with Gasteiger partial charge in [0.05, 0.1) is 11.4 Å². The predicted molar refractivity (Wildman–Crippen MR) is 115 cm³/mol. The fraction of sp³-hybridized carbons (Fsp3) is 0.273. The van der Waals surface area contributed by atoms with Gasteiger partial charge < -0.3 is 16.0 Å². The van der Waals surface area contributed by atoms with Gasteiger partial charge in [-0.2, -0.15) is 4.98 Å². The minimum Gasteiger partial charge on any atom is -0.351 e. The third kappa shape index (κ3) is 5.07. The normalized spacial score (nSPS) is 13.8. The Morgan fingerprint density at radius 1 is 0.966 bits per heavy atom. The fourth-order valence-electron chi connectivity index (χ4n) is 3.46. The number of aromatic nitrogens is 3. The van der Waals surface area contributed by atoms with E-state index in [9.17, 15) is 4.79 Å². The molecule has 0 unspecified atom stereocenters. The molecule has 1 aliphatic rings. The summed E-state index contributed by atoms with van der Waals surface area (Å²) in [6.07, 6.45) is 6.52. The monoisotopic (exact) mass is 388 g/mol. The highest BCUT2D eigenvalue weighted by molar-refractivity contribution is 5.88. The first-order chi connectivity index (χ1) is 14.2. The van der Waals surface area contributed by atoms with E-state index in [2.05, 4.69) is 30.9 Å². The van der Waals surface area contributed by atoms with Gasteiger partial charge in [0.15, 0.2) is 0 Å². The Bertz CT molecular complexity index is 968. The van der Waals surface area contributed by atoms with Gasteiger partial charge in [0.2, 0.25) is 11.9 Å². The molecule has 7 heteroatoms. The van der Waals surface area contributed by atoms with Crippen LogP contribution in [0.2, 0.25) is 0 Å². The molecule has 29 heavy (non-hydrogen) atoms. The van der Waals surface area contributed by atoms with E-state index in [0.717, 1.165) is 35.6 Å². The summed E-state index contributed by atoms with van der Waals surface area (Å²) < 4.78 is 0. The van der Waals surface area contributed by atoms with Crippen LogP contribution in [0.4, 0.5) is 23.1 Å². The zero-order valence-electron chi connectivity index (χ0n) is 16.4. The van der Waals surface area contributed by atoms with Crippen molar-refractivity contribution in [2.45, 2.75) is 38.6 Å². The molecular formula is C22H24N6O. The first-order valence-electron chi connectivity index (χ1n) is 9.87. The third-order valence-corrected chi connectivity index (χ3v) is 4.82. The van der Waals surface area contributed by atoms with E-state index in [4.69, 9.17) is 0 Å². The van der Waals surface area contributed by atoms with Crippen LogP contribution < -0.4 is 16.0 Å². The zero-order valence-corrected chi connectivity index (χ0v) is 16.4. The summed E-state index contributed by atoms with van der Waals surface area (Å²) in [5, 5.41) is 9.56. The molecule has 1 aliphatic carbocycles. The number of anilines is 4. The van der Waals surface area contributed by atoms with Crippen LogP contribution in [0, 0.1) is 0 Å². The molecule has 0 aliphatic heterocycles. The van der Waals surface area contributed by atoms with Crippen molar-refractivity contribution in [1.82, 2.24) is 15.0 Å². The van der Waals surface area contributed by atoms with Crippen molar-refractivity contribution in [3.05, 3.63) is 54.7 Å². The first kappa shape index (κ1) is 18.9. The lowest BCUT2D eigenvalue weighted by Crippen LogP contribution is -2.17. The molecule has 0 radical (unpaired) electrons. The zero-order chi connectivity index (χ0) is 20.1. The maximum Gasteiger partial charge on any atom is 0.225 e. The minimum atomic E-state index is -0.0934. The second-order valence-electron chi connectivity index (χ2n) is 7.19. The topological polar surface area (TPSA) is 91.8 Å². The Kier molecular flexibility index (Phi) is 5.65. The second kappa shape index (κ2) is 8.68. The number of rotatable bonds is 6. The fourth-order valence-corrected chi connectivity index (χ4v) is 3.46. The molecule has 7 nitrogen and oxygen atoms in total. The molecule has 2 aromatic heterocycles. The molecule has 1 aromatic carbocycles. The second-order valence-corrected chi connectivity index (χ2v) is 7.19. The Hall–Kier alpha value is -3.48. The lowest BCUT2D eigenvalue weighted by molar-refractivity contribution is -0.114. The molecule has 1 fully saturated rings. The Balaban J connectivity index is 1.59. The van der Waals surface area contributed by atoms with Crippen molar-refractivity contribution in [3.63, 3.8) is 0 Å². The highest BCUT2D eigenvalue weighted by Crippen LogP contribution is 2.26. The van der Waals surface area contributed by atoms with E-state index < -0.39 is 0 Å². The van der Waals surface area contributed by atoms with Crippen LogP contribution in [0.15, 0.2) is 54.7 Å². The summed E-state index contributed by atoms with van der Waals surface area (Å²) in [6.45, 7) is 1.49. The summed E-state index contributed by atoms with van der Waals surface area (Å²) >= 11 is 0. The van der Waals surface area contributed by atoms with Crippen molar-refractivity contribution in [1.29, 1.82) is 0 Å². The third-order valence-electron chi connectivity index (χ3n) is 4.82. The molecular weight excluding hydrogens is 364 g/mol. The van der Waals surface area contributed by atoms with Crippen LogP contribution in [0.1, 0.15) is 32.6 Å². The molecule has 0 spiro atoms. The molecule has 0 atom stereocenters. The predicted octanol–water partition coefficient (Wildman–Crippen LogP) is 4.60. The van der Waals surface area contributed by atoms with Crippen LogP contribution >= 0.6 is 0 Å². The number of pyridine rings is 1. The number of amides is 1. The molecule has 0 saturated heterocycles. The van der Waals surface area contributed by atoms with Crippen LogP contribution in [-0.2, 0) is 4.79 Å². The standard InChI is InChI=1S/C22H24N6O/c1-15(29)24-17-9-11-18(12-10-17)25-21-14-20(19-8-4-5-13-23-19)27-22(28-21)26-16-6-2-3-7-16/h4-5,8-14,16H,2-3,6-7H2,1H3,(H,24,29)(H2,25,26,27,28). The summed E-state index contributed by atoms with van der Waals surface area (Å²) in [5.41, 5.74) is 3.19. The van der Waals surface area contributed by atoms with Crippen molar-refractivity contribution in [2.24, 2.45) is 0 Å². The van der Waals surface area contributed by atoms with Gasteiger partial charge in [-0.25, -0.2) is 4.98 Å². The molecule has 0 bridgehead atoms. The van der Waals surface area contributed by atoms with E-state index in [1.807, 2.05) is 48.5 Å². The smallest absolute Gasteiger partial charge is 0.225 e. The quantitative estimate of drug-likeness (QED) is 0.572. The number of benzene rings is 1. The Morgan fingerprint density at radius 3 is 2.41 bits per heavy atom. The number of carbonyl (C=O) groups is 1. The van der Waals surface area contributed by atoms with Crippen LogP contribution in [-0.4, -0.2) is 26.9 Å². The maximum absolute atomic E-state index is 11.2. The molecule has 3 N–H and O–H groups in total. The van der Waals surface area contributed by atoms with Gasteiger partial charge in [0.25, 0.3) is 0 Å². The van der Waals surface area contributed by atoms with Gasteiger partial charge >= 0.3 is 0 Å². The molecule has 2 heterocycles. The maximum atomic E-state index is 11.2. The van der Waals surface area contributed by atoms with E-state index in [1.165, 1.54) is 19.8 Å². The molecule has 1 saturated carbocycles. The summed E-state index contributed by atoms with van der Waals surface area (Å²) in [6, 6.07) is 15.6. The number of hydrogen-bond donors (Lipinski definition) is 3. The number of carbonyl (C=O) groups excluding carboxylic acids is 1. The van der Waals surface area contributed by atoms with E-state index in [0.29, 0.717) is 17.8 Å². The average molecular weight is 388 g/mol. The van der Waals surface area contributed by atoms with Crippen molar-refractivity contribution >= 4 is 29.0 Å². The van der Waals surface area contributed by atoms with Crippen LogP contribution in [0.5, 0.6) is 0 Å². The Morgan fingerprint density at radius 2 is 1.72 bits per heavy atom. The lowest BCUT2D eigenvalue weighted by atomic mass is 10.2. The lowest BCUT2D eigenvalue weighted by Gasteiger charge is -2.15. The van der Waals surface area contributed by atoms with Crippen molar-refractivity contribution in [3.8, 4) is 11.4 Å². The summed E-state index contributed by atoms with van der Waals surface area (Å²) in [5.74, 6) is 1.20. The van der Waals surface area contributed by atoms with E-state index in [1.54, 1.807) is 6.20 Å². The van der Waals surface area contributed by atoms with E-state index >= 15 is 0 Å². The van der Waals surface area contributed by atoms with Gasteiger partial charge in [0.1, 0.15) is 5.82 Å². The number of hydrogen-bond acceptors (Lipinski definition) is 6. The van der Waals surface area contributed by atoms with E-state index in [-0.39, 0.29) is 5.91 Å². The number of nitrogens with one attached hydrogen (secondary N) is 3.